The van der Waals surface area contributed by atoms with Crippen molar-refractivity contribution in [2.24, 2.45) is 0 Å². The average molecular weight is 266 g/mol. The molecule has 1 aromatic rings. The van der Waals surface area contributed by atoms with Crippen LogP contribution in [0.2, 0.25) is 0 Å². The maximum atomic E-state index is 5.17. The molecule has 0 spiro atoms. The van der Waals surface area contributed by atoms with Crippen LogP contribution in [-0.4, -0.2) is 43.3 Å². The number of ether oxygens (including phenoxy) is 1. The molecule has 1 aromatic heterocycles. The Labute approximate surface area is 116 Å². The SMILES string of the molecule is CCNc1ncnc(N(CC)CCOC)c1C(C)C. The molecule has 0 aromatic carbocycles. The van der Waals surface area contributed by atoms with E-state index < -0.39 is 0 Å². The lowest BCUT2D eigenvalue weighted by Gasteiger charge is -2.26. The molecule has 5 nitrogen and oxygen atoms in total. The lowest BCUT2D eigenvalue weighted by atomic mass is 10.0. The number of likely N-dealkylation sites (N-methyl/N-ethyl adjacent to an activating group) is 1. The molecular weight excluding hydrogens is 240 g/mol. The van der Waals surface area contributed by atoms with Gasteiger partial charge in [-0.05, 0) is 19.8 Å². The first kappa shape index (κ1) is 15.7. The van der Waals surface area contributed by atoms with Gasteiger partial charge in [0.25, 0.3) is 0 Å². The molecule has 0 radical (unpaired) electrons. The van der Waals surface area contributed by atoms with E-state index in [1.54, 1.807) is 13.4 Å². The van der Waals surface area contributed by atoms with E-state index in [0.717, 1.165) is 31.3 Å². The summed E-state index contributed by atoms with van der Waals surface area (Å²) in [5.41, 5.74) is 1.18. The number of aromatic nitrogens is 2. The van der Waals surface area contributed by atoms with Gasteiger partial charge in [-0.25, -0.2) is 9.97 Å². The number of nitrogens with zero attached hydrogens (tertiary/aromatic N) is 3. The van der Waals surface area contributed by atoms with Crippen molar-refractivity contribution in [1.29, 1.82) is 0 Å². The molecule has 0 bridgehead atoms. The number of nitrogens with one attached hydrogen (secondary N) is 1. The highest BCUT2D eigenvalue weighted by atomic mass is 16.5. The Morgan fingerprint density at radius 3 is 2.58 bits per heavy atom. The summed E-state index contributed by atoms with van der Waals surface area (Å²) in [5.74, 6) is 2.33. The quantitative estimate of drug-likeness (QED) is 0.783. The molecule has 0 aliphatic carbocycles. The molecule has 0 atom stereocenters. The van der Waals surface area contributed by atoms with E-state index in [1.807, 2.05) is 0 Å². The lowest BCUT2D eigenvalue weighted by Crippen LogP contribution is -2.29. The Balaban J connectivity index is 3.12. The van der Waals surface area contributed by atoms with Crippen LogP contribution in [0.3, 0.4) is 0 Å². The highest BCUT2D eigenvalue weighted by Gasteiger charge is 2.18. The van der Waals surface area contributed by atoms with Crippen LogP contribution < -0.4 is 10.2 Å². The number of methoxy groups -OCH3 is 1. The van der Waals surface area contributed by atoms with Crippen LogP contribution in [0.15, 0.2) is 6.33 Å². The van der Waals surface area contributed by atoms with Crippen molar-refractivity contribution in [2.75, 3.05) is 43.6 Å². The van der Waals surface area contributed by atoms with Gasteiger partial charge in [0, 0.05) is 32.3 Å². The molecule has 19 heavy (non-hydrogen) atoms. The summed E-state index contributed by atoms with van der Waals surface area (Å²) in [7, 11) is 1.72. The monoisotopic (exact) mass is 266 g/mol. The van der Waals surface area contributed by atoms with Gasteiger partial charge in [0.05, 0.1) is 6.61 Å². The highest BCUT2D eigenvalue weighted by Crippen LogP contribution is 2.30. The zero-order valence-corrected chi connectivity index (χ0v) is 12.7. The third kappa shape index (κ3) is 4.06. The Morgan fingerprint density at radius 1 is 1.32 bits per heavy atom. The second kappa shape index (κ2) is 7.94. The van der Waals surface area contributed by atoms with E-state index in [0.29, 0.717) is 12.5 Å². The van der Waals surface area contributed by atoms with Gasteiger partial charge in [-0.2, -0.15) is 0 Å². The Kier molecular flexibility index (Phi) is 6.56. The van der Waals surface area contributed by atoms with Crippen LogP contribution in [0.4, 0.5) is 11.6 Å². The van der Waals surface area contributed by atoms with Crippen molar-refractivity contribution in [3.63, 3.8) is 0 Å². The molecule has 0 fully saturated rings. The predicted molar refractivity (Wildman–Crippen MR) is 80.0 cm³/mol. The maximum Gasteiger partial charge on any atom is 0.137 e. The number of anilines is 2. The zero-order chi connectivity index (χ0) is 14.3. The van der Waals surface area contributed by atoms with Crippen LogP contribution in [-0.2, 0) is 4.74 Å². The molecule has 5 heteroatoms. The fourth-order valence-electron chi connectivity index (χ4n) is 2.09. The maximum absolute atomic E-state index is 5.17. The summed E-state index contributed by atoms with van der Waals surface area (Å²) in [6.07, 6.45) is 1.63. The van der Waals surface area contributed by atoms with E-state index in [4.69, 9.17) is 4.74 Å². The van der Waals surface area contributed by atoms with Gasteiger partial charge in [-0.1, -0.05) is 13.8 Å². The van der Waals surface area contributed by atoms with E-state index in [1.165, 1.54) is 5.56 Å². The largest absolute Gasteiger partial charge is 0.383 e. The third-order valence-corrected chi connectivity index (χ3v) is 3.03. The predicted octanol–water partition coefficient (Wildman–Crippen LogP) is 2.50. The summed E-state index contributed by atoms with van der Waals surface area (Å²) >= 11 is 0. The second-order valence-corrected chi connectivity index (χ2v) is 4.72. The van der Waals surface area contributed by atoms with Crippen molar-refractivity contribution in [3.8, 4) is 0 Å². The normalized spacial score (nSPS) is 10.8. The van der Waals surface area contributed by atoms with Gasteiger partial charge in [0.2, 0.25) is 0 Å². The lowest BCUT2D eigenvalue weighted by molar-refractivity contribution is 0.205. The van der Waals surface area contributed by atoms with Crippen LogP contribution in [0.25, 0.3) is 0 Å². The van der Waals surface area contributed by atoms with Crippen LogP contribution in [0, 0.1) is 0 Å². The first-order valence-corrected chi connectivity index (χ1v) is 6.98. The Bertz CT molecular complexity index is 382. The standard InChI is InChI=1S/C14H26N4O/c1-6-15-13-12(11(3)4)14(17-10-16-13)18(7-2)8-9-19-5/h10-11H,6-9H2,1-5H3,(H,15,16,17). The first-order valence-electron chi connectivity index (χ1n) is 6.98. The molecule has 1 N–H and O–H groups in total. The highest BCUT2D eigenvalue weighted by molar-refractivity contribution is 5.60. The molecule has 0 saturated heterocycles. The average Bonchev–Trinajstić information content (AvgIpc) is 2.40. The molecule has 0 unspecified atom stereocenters. The Hall–Kier alpha value is -1.36. The molecule has 0 aliphatic rings. The smallest absolute Gasteiger partial charge is 0.137 e. The number of rotatable bonds is 8. The van der Waals surface area contributed by atoms with Gasteiger partial charge >= 0.3 is 0 Å². The fourth-order valence-corrected chi connectivity index (χ4v) is 2.09. The molecule has 0 aliphatic heterocycles. The van der Waals surface area contributed by atoms with Crippen LogP contribution >= 0.6 is 0 Å². The summed E-state index contributed by atoms with van der Waals surface area (Å²) in [5, 5.41) is 3.32. The summed E-state index contributed by atoms with van der Waals surface area (Å²) in [6, 6.07) is 0. The van der Waals surface area contributed by atoms with Crippen molar-refractivity contribution < 1.29 is 4.74 Å². The Morgan fingerprint density at radius 2 is 2.05 bits per heavy atom. The summed E-state index contributed by atoms with van der Waals surface area (Å²) in [6.45, 7) is 11.9. The second-order valence-electron chi connectivity index (χ2n) is 4.72. The summed E-state index contributed by atoms with van der Waals surface area (Å²) < 4.78 is 5.17. The van der Waals surface area contributed by atoms with Crippen LogP contribution in [0.1, 0.15) is 39.2 Å². The van der Waals surface area contributed by atoms with Crippen LogP contribution in [0.5, 0.6) is 0 Å². The molecule has 108 valence electrons. The molecule has 0 amide bonds. The van der Waals surface area contributed by atoms with Gasteiger partial charge < -0.3 is 15.0 Å². The fraction of sp³-hybridized carbons (Fsp3) is 0.714. The van der Waals surface area contributed by atoms with Crippen molar-refractivity contribution in [1.82, 2.24) is 9.97 Å². The van der Waals surface area contributed by atoms with E-state index >= 15 is 0 Å². The minimum absolute atomic E-state index is 0.377. The number of hydrogen-bond acceptors (Lipinski definition) is 5. The van der Waals surface area contributed by atoms with Crippen molar-refractivity contribution >= 4 is 11.6 Å². The molecule has 0 saturated carbocycles. The summed E-state index contributed by atoms with van der Waals surface area (Å²) in [4.78, 5) is 11.1. The molecule has 1 heterocycles. The van der Waals surface area contributed by atoms with Gasteiger partial charge in [0.1, 0.15) is 18.0 Å². The van der Waals surface area contributed by atoms with E-state index in [-0.39, 0.29) is 0 Å². The van der Waals surface area contributed by atoms with E-state index in [2.05, 4.69) is 47.9 Å². The van der Waals surface area contributed by atoms with Gasteiger partial charge in [0.15, 0.2) is 0 Å². The third-order valence-electron chi connectivity index (χ3n) is 3.03. The van der Waals surface area contributed by atoms with Gasteiger partial charge in [-0.3, -0.25) is 0 Å². The topological polar surface area (TPSA) is 50.3 Å². The minimum Gasteiger partial charge on any atom is -0.383 e. The first-order chi connectivity index (χ1) is 9.15. The molecular formula is C14H26N4O. The van der Waals surface area contributed by atoms with Gasteiger partial charge in [-0.15, -0.1) is 0 Å². The molecule has 1 rings (SSSR count). The van der Waals surface area contributed by atoms with Crippen molar-refractivity contribution in [2.45, 2.75) is 33.6 Å². The van der Waals surface area contributed by atoms with Crippen molar-refractivity contribution in [3.05, 3.63) is 11.9 Å². The minimum atomic E-state index is 0.377. The van der Waals surface area contributed by atoms with E-state index in [9.17, 15) is 0 Å². The zero-order valence-electron chi connectivity index (χ0n) is 12.7. The number of hydrogen-bond donors (Lipinski definition) is 1.